The molecular formula is C23H26F3LiN2O3. The van der Waals surface area contributed by atoms with E-state index < -0.39 is 23.8 Å². The molecule has 0 saturated carbocycles. The molecule has 1 saturated heterocycles. The monoisotopic (exact) mass is 442 g/mol. The van der Waals surface area contributed by atoms with Gasteiger partial charge in [-0.2, -0.15) is 13.2 Å². The Hall–Kier alpha value is -2.27. The summed E-state index contributed by atoms with van der Waals surface area (Å²) in [6.45, 7) is 2.72. The van der Waals surface area contributed by atoms with Gasteiger partial charge < -0.3 is 11.8 Å². The van der Waals surface area contributed by atoms with E-state index in [1.54, 1.807) is 18.2 Å². The molecule has 168 valence electrons. The summed E-state index contributed by atoms with van der Waals surface area (Å²) in [4.78, 5) is 25.9. The zero-order valence-corrected chi connectivity index (χ0v) is 18.2. The number of carboxylic acids is 1. The summed E-state index contributed by atoms with van der Waals surface area (Å²) >= 11 is 0. The van der Waals surface area contributed by atoms with Gasteiger partial charge in [0.1, 0.15) is 0 Å². The molecule has 0 spiro atoms. The summed E-state index contributed by atoms with van der Waals surface area (Å²) in [6.07, 6.45) is -2.01. The zero-order valence-electron chi connectivity index (χ0n) is 19.2. The van der Waals surface area contributed by atoms with E-state index in [4.69, 9.17) is 5.11 Å². The first kappa shape index (κ1) is 26.0. The summed E-state index contributed by atoms with van der Waals surface area (Å²) < 4.78 is 39.0. The van der Waals surface area contributed by atoms with E-state index in [1.165, 1.54) is 18.2 Å². The molecule has 0 bridgehead atoms. The van der Waals surface area contributed by atoms with Crippen LogP contribution in [0, 0.1) is 0 Å². The van der Waals surface area contributed by atoms with Crippen LogP contribution in [0.15, 0.2) is 48.5 Å². The van der Waals surface area contributed by atoms with Crippen molar-refractivity contribution in [3.05, 3.63) is 70.8 Å². The Bertz CT molecular complexity index is 941. The third-order valence-electron chi connectivity index (χ3n) is 5.57. The molecular weight excluding hydrogens is 416 g/mol. The average molecular weight is 442 g/mol. The molecule has 1 fully saturated rings. The SMILES string of the molecule is C[C@H](NC(=O)[C@H]1CCCCN1Cc1cccc(C(F)(F)F)c1)c1ccc(C(=O)O)cc1.[H-].[Li+]. The molecule has 1 heterocycles. The quantitative estimate of drug-likeness (QED) is 0.669. The maximum Gasteiger partial charge on any atom is 1.00 e. The molecule has 0 aliphatic carbocycles. The molecule has 0 aromatic heterocycles. The molecule has 0 unspecified atom stereocenters. The number of nitrogens with zero attached hydrogens (tertiary/aromatic N) is 1. The first-order chi connectivity index (χ1) is 14.6. The predicted molar refractivity (Wildman–Crippen MR) is 111 cm³/mol. The molecule has 2 atom stereocenters. The van der Waals surface area contributed by atoms with Crippen molar-refractivity contribution < 1.29 is 48.2 Å². The van der Waals surface area contributed by atoms with Gasteiger partial charge in [-0.05, 0) is 55.6 Å². The second-order valence-electron chi connectivity index (χ2n) is 7.84. The molecule has 1 aliphatic heterocycles. The summed E-state index contributed by atoms with van der Waals surface area (Å²) in [7, 11) is 0. The third-order valence-corrected chi connectivity index (χ3v) is 5.57. The van der Waals surface area contributed by atoms with Gasteiger partial charge in [-0.3, -0.25) is 9.69 Å². The molecule has 2 N–H and O–H groups in total. The topological polar surface area (TPSA) is 69.6 Å². The number of likely N-dealkylation sites (tertiary alicyclic amines) is 1. The van der Waals surface area contributed by atoms with Crippen molar-refractivity contribution in [1.29, 1.82) is 0 Å². The maximum absolute atomic E-state index is 13.0. The molecule has 5 nitrogen and oxygen atoms in total. The number of aromatic carboxylic acids is 1. The van der Waals surface area contributed by atoms with Crippen LogP contribution in [0.5, 0.6) is 0 Å². The number of benzene rings is 2. The molecule has 0 radical (unpaired) electrons. The Balaban J connectivity index is 0.00000272. The zero-order chi connectivity index (χ0) is 22.6. The van der Waals surface area contributed by atoms with E-state index in [1.807, 2.05) is 11.8 Å². The van der Waals surface area contributed by atoms with Crippen LogP contribution in [0.3, 0.4) is 0 Å². The number of rotatable bonds is 6. The van der Waals surface area contributed by atoms with Crippen LogP contribution < -0.4 is 24.2 Å². The number of carbonyl (C=O) groups excluding carboxylic acids is 1. The van der Waals surface area contributed by atoms with Crippen LogP contribution in [0.25, 0.3) is 0 Å². The Kier molecular flexibility index (Phi) is 8.96. The fraction of sp³-hybridized carbons (Fsp3) is 0.391. The van der Waals surface area contributed by atoms with Crippen molar-refractivity contribution in [2.24, 2.45) is 0 Å². The first-order valence-corrected chi connectivity index (χ1v) is 10.2. The summed E-state index contributed by atoms with van der Waals surface area (Å²) in [5.41, 5.74) is 0.772. The number of hydrogen-bond donors (Lipinski definition) is 2. The molecule has 1 amide bonds. The smallest absolute Gasteiger partial charge is 1.00 e. The number of halogens is 3. The van der Waals surface area contributed by atoms with Gasteiger partial charge in [0.05, 0.1) is 23.2 Å². The van der Waals surface area contributed by atoms with Crippen LogP contribution in [-0.2, 0) is 17.5 Å². The van der Waals surface area contributed by atoms with E-state index in [-0.39, 0.29) is 44.3 Å². The summed E-state index contributed by atoms with van der Waals surface area (Å²) in [5, 5.41) is 12.0. The fourth-order valence-corrected chi connectivity index (χ4v) is 3.86. The van der Waals surface area contributed by atoms with Gasteiger partial charge in [-0.1, -0.05) is 36.8 Å². The number of carboxylic acid groups (broad SMARTS) is 1. The van der Waals surface area contributed by atoms with Crippen molar-refractivity contribution >= 4 is 11.9 Å². The van der Waals surface area contributed by atoms with Gasteiger partial charge >= 0.3 is 31.0 Å². The van der Waals surface area contributed by atoms with Crippen molar-refractivity contribution in [1.82, 2.24) is 10.2 Å². The predicted octanol–water partition coefficient (Wildman–Crippen LogP) is 1.75. The van der Waals surface area contributed by atoms with Crippen LogP contribution in [0.1, 0.15) is 60.7 Å². The molecule has 2 aromatic carbocycles. The summed E-state index contributed by atoms with van der Waals surface area (Å²) in [5.74, 6) is -1.20. The maximum atomic E-state index is 13.0. The van der Waals surface area contributed by atoms with Crippen LogP contribution >= 0.6 is 0 Å². The van der Waals surface area contributed by atoms with Gasteiger partial charge in [0.15, 0.2) is 0 Å². The number of hydrogen-bond acceptors (Lipinski definition) is 3. The van der Waals surface area contributed by atoms with E-state index in [9.17, 15) is 22.8 Å². The first-order valence-electron chi connectivity index (χ1n) is 10.2. The van der Waals surface area contributed by atoms with E-state index in [2.05, 4.69) is 5.32 Å². The Morgan fingerprint density at radius 1 is 1.19 bits per heavy atom. The van der Waals surface area contributed by atoms with Gasteiger partial charge in [-0.25, -0.2) is 4.79 Å². The normalized spacial score (nSPS) is 17.8. The minimum absolute atomic E-state index is 0. The second-order valence-corrected chi connectivity index (χ2v) is 7.84. The fourth-order valence-electron chi connectivity index (χ4n) is 3.86. The average Bonchev–Trinajstić information content (AvgIpc) is 2.73. The van der Waals surface area contributed by atoms with Crippen LogP contribution in [0.4, 0.5) is 13.2 Å². The number of carbonyl (C=O) groups is 2. The van der Waals surface area contributed by atoms with Crippen LogP contribution in [-0.4, -0.2) is 34.5 Å². The van der Waals surface area contributed by atoms with Crippen molar-refractivity contribution in [3.8, 4) is 0 Å². The Morgan fingerprint density at radius 3 is 2.50 bits per heavy atom. The Labute approximate surface area is 198 Å². The largest absolute Gasteiger partial charge is 1.00 e. The van der Waals surface area contributed by atoms with Gasteiger partial charge in [0.25, 0.3) is 0 Å². The summed E-state index contributed by atoms with van der Waals surface area (Å²) in [6, 6.07) is 10.8. The molecule has 2 aromatic rings. The van der Waals surface area contributed by atoms with Crippen molar-refractivity contribution in [2.45, 2.75) is 51.0 Å². The third kappa shape index (κ3) is 6.61. The Morgan fingerprint density at radius 2 is 1.88 bits per heavy atom. The number of alkyl halides is 3. The van der Waals surface area contributed by atoms with Crippen LogP contribution in [0.2, 0.25) is 0 Å². The second kappa shape index (κ2) is 11.0. The van der Waals surface area contributed by atoms with Crippen molar-refractivity contribution in [2.75, 3.05) is 6.54 Å². The number of nitrogens with one attached hydrogen (secondary N) is 1. The van der Waals surface area contributed by atoms with E-state index in [0.717, 1.165) is 30.5 Å². The van der Waals surface area contributed by atoms with Gasteiger partial charge in [-0.15, -0.1) is 0 Å². The standard InChI is InChI=1S/C23H25F3N2O3.Li.H/c1-15(17-8-10-18(11-9-17)22(30)31)27-21(29)20-7-2-3-12-28(20)14-16-5-4-6-19(13-16)23(24,25)26;;/h4-6,8-11,13,15,20H,2-3,7,12,14H2,1H3,(H,27,29)(H,30,31);;/q;+1;-1/t15-,20+;;/m0../s1. The number of amides is 1. The molecule has 32 heavy (non-hydrogen) atoms. The van der Waals surface area contributed by atoms with E-state index in [0.29, 0.717) is 18.5 Å². The molecule has 1 aliphatic rings. The van der Waals surface area contributed by atoms with Gasteiger partial charge in [0.2, 0.25) is 5.91 Å². The molecule has 9 heteroatoms. The van der Waals surface area contributed by atoms with Gasteiger partial charge in [0, 0.05) is 6.54 Å². The number of piperidine rings is 1. The molecule has 3 rings (SSSR count). The van der Waals surface area contributed by atoms with E-state index >= 15 is 0 Å². The van der Waals surface area contributed by atoms with Crippen molar-refractivity contribution in [3.63, 3.8) is 0 Å². The minimum atomic E-state index is -4.40. The minimum Gasteiger partial charge on any atom is -1.00 e.